The van der Waals surface area contributed by atoms with E-state index in [-0.39, 0.29) is 5.97 Å². The van der Waals surface area contributed by atoms with Crippen LogP contribution in [-0.4, -0.2) is 27.7 Å². The van der Waals surface area contributed by atoms with E-state index in [9.17, 15) is 4.79 Å². The quantitative estimate of drug-likeness (QED) is 0.564. The summed E-state index contributed by atoms with van der Waals surface area (Å²) in [5.74, 6) is -0.345. The van der Waals surface area contributed by atoms with E-state index in [1.807, 2.05) is 24.3 Å². The van der Waals surface area contributed by atoms with Gasteiger partial charge in [-0.15, -0.1) is 0 Å². The van der Waals surface area contributed by atoms with Gasteiger partial charge in [0, 0.05) is 15.4 Å². The van der Waals surface area contributed by atoms with Crippen molar-refractivity contribution >= 4 is 37.8 Å². The smallest absolute Gasteiger partial charge is 0.356 e. The lowest BCUT2D eigenvalue weighted by atomic mass is 10.1. The van der Waals surface area contributed by atoms with E-state index in [1.165, 1.54) is 0 Å². The van der Waals surface area contributed by atoms with Crippen molar-refractivity contribution in [2.75, 3.05) is 11.9 Å². The Labute approximate surface area is 134 Å². The van der Waals surface area contributed by atoms with Gasteiger partial charge in [0.05, 0.1) is 18.8 Å². The van der Waals surface area contributed by atoms with E-state index < -0.39 is 0 Å². The second-order valence-corrected chi connectivity index (χ2v) is 5.77. The molecule has 0 amide bonds. The number of nitrogens with zero attached hydrogens (tertiary/aromatic N) is 2. The molecule has 0 N–H and O–H groups in total. The lowest BCUT2D eigenvalue weighted by Crippen LogP contribution is -2.13. The average molecular weight is 402 g/mol. The first kappa shape index (κ1) is 15.3. The number of rotatable bonds is 5. The molecule has 1 aromatic carbocycles. The third kappa shape index (κ3) is 3.49. The number of hydrogen-bond acceptors (Lipinski definition) is 3. The molecule has 6 heteroatoms. The fourth-order valence-corrected chi connectivity index (χ4v) is 2.56. The van der Waals surface area contributed by atoms with Gasteiger partial charge in [-0.05, 0) is 25.1 Å². The van der Waals surface area contributed by atoms with Gasteiger partial charge in [0.2, 0.25) is 0 Å². The van der Waals surface area contributed by atoms with Crippen molar-refractivity contribution in [3.05, 3.63) is 40.5 Å². The monoisotopic (exact) mass is 400 g/mol. The number of esters is 1. The van der Waals surface area contributed by atoms with Crippen molar-refractivity contribution in [1.82, 2.24) is 9.78 Å². The van der Waals surface area contributed by atoms with E-state index >= 15 is 0 Å². The fourth-order valence-electron chi connectivity index (χ4n) is 1.83. The highest BCUT2D eigenvalue weighted by Gasteiger charge is 2.17. The number of alkyl halides is 1. The molecule has 0 radical (unpaired) electrons. The molecule has 1 heterocycles. The number of hydrogen-bond donors (Lipinski definition) is 0. The topological polar surface area (TPSA) is 44.1 Å². The Hall–Kier alpha value is -1.14. The number of carbonyl (C=O) groups is 1. The van der Waals surface area contributed by atoms with Crippen molar-refractivity contribution in [1.29, 1.82) is 0 Å². The zero-order valence-electron chi connectivity index (χ0n) is 11.0. The first-order valence-electron chi connectivity index (χ1n) is 6.22. The van der Waals surface area contributed by atoms with Gasteiger partial charge in [-0.3, -0.25) is 4.68 Å². The molecule has 0 saturated heterocycles. The Kier molecular flexibility index (Phi) is 5.37. The van der Waals surface area contributed by atoms with Crippen LogP contribution in [0, 0.1) is 0 Å². The van der Waals surface area contributed by atoms with E-state index in [0.717, 1.165) is 21.1 Å². The Morgan fingerprint density at radius 3 is 2.85 bits per heavy atom. The number of aryl methyl sites for hydroxylation is 1. The first-order valence-corrected chi connectivity index (χ1v) is 8.14. The molecule has 0 unspecified atom stereocenters. The molecule has 0 fully saturated rings. The molecule has 0 aliphatic heterocycles. The highest BCUT2D eigenvalue weighted by atomic mass is 79.9. The van der Waals surface area contributed by atoms with Crippen LogP contribution in [-0.2, 0) is 11.3 Å². The first-order chi connectivity index (χ1) is 9.65. The van der Waals surface area contributed by atoms with E-state index in [0.29, 0.717) is 18.8 Å². The molecule has 0 aliphatic rings. The number of aromatic nitrogens is 2. The van der Waals surface area contributed by atoms with Crippen molar-refractivity contribution in [3.63, 3.8) is 0 Å². The maximum absolute atomic E-state index is 11.9. The summed E-state index contributed by atoms with van der Waals surface area (Å²) < 4.78 is 7.71. The zero-order valence-corrected chi connectivity index (χ0v) is 14.1. The van der Waals surface area contributed by atoms with E-state index in [2.05, 4.69) is 37.0 Å². The minimum Gasteiger partial charge on any atom is -0.461 e. The predicted molar refractivity (Wildman–Crippen MR) is 85.1 cm³/mol. The molecule has 2 aromatic rings. The van der Waals surface area contributed by atoms with Gasteiger partial charge in [0.1, 0.15) is 5.69 Å². The predicted octanol–water partition coefficient (Wildman–Crippen LogP) is 3.88. The normalized spacial score (nSPS) is 10.6. The molecule has 0 saturated carbocycles. The van der Waals surface area contributed by atoms with Gasteiger partial charge in [0.15, 0.2) is 0 Å². The van der Waals surface area contributed by atoms with Crippen LogP contribution < -0.4 is 0 Å². The number of ether oxygens (including phenoxy) is 1. The van der Waals surface area contributed by atoms with Crippen molar-refractivity contribution < 1.29 is 9.53 Å². The minimum absolute atomic E-state index is 0.345. The second kappa shape index (κ2) is 7.04. The molecule has 0 bridgehead atoms. The maximum Gasteiger partial charge on any atom is 0.356 e. The van der Waals surface area contributed by atoms with E-state index in [4.69, 9.17) is 4.74 Å². The Morgan fingerprint density at radius 1 is 1.40 bits per heavy atom. The van der Waals surface area contributed by atoms with Crippen LogP contribution in [0.4, 0.5) is 0 Å². The summed E-state index contributed by atoms with van der Waals surface area (Å²) in [6, 6.07) is 9.58. The molecule has 106 valence electrons. The largest absolute Gasteiger partial charge is 0.461 e. The SMILES string of the molecule is CCOC(=O)c1cc(-c2cccc(Br)c2)nn1CCBr. The van der Waals surface area contributed by atoms with Gasteiger partial charge < -0.3 is 4.74 Å². The molecule has 0 spiro atoms. The van der Waals surface area contributed by atoms with Crippen LogP contribution in [0.25, 0.3) is 11.3 Å². The number of benzene rings is 1. The van der Waals surface area contributed by atoms with Crippen LogP contribution in [0.2, 0.25) is 0 Å². The molecular weight excluding hydrogens is 388 g/mol. The van der Waals surface area contributed by atoms with Crippen molar-refractivity contribution in [3.8, 4) is 11.3 Å². The van der Waals surface area contributed by atoms with Gasteiger partial charge >= 0.3 is 5.97 Å². The van der Waals surface area contributed by atoms with Crippen molar-refractivity contribution in [2.24, 2.45) is 0 Å². The fraction of sp³-hybridized carbons (Fsp3) is 0.286. The second-order valence-electron chi connectivity index (χ2n) is 4.06. The van der Waals surface area contributed by atoms with Gasteiger partial charge in [-0.1, -0.05) is 44.0 Å². The van der Waals surface area contributed by atoms with Gasteiger partial charge in [-0.25, -0.2) is 4.79 Å². The molecule has 0 aliphatic carbocycles. The molecule has 20 heavy (non-hydrogen) atoms. The third-order valence-electron chi connectivity index (χ3n) is 2.68. The lowest BCUT2D eigenvalue weighted by Gasteiger charge is -2.04. The van der Waals surface area contributed by atoms with Gasteiger partial charge in [0.25, 0.3) is 0 Å². The summed E-state index contributed by atoms with van der Waals surface area (Å²) in [4.78, 5) is 11.9. The van der Waals surface area contributed by atoms with Crippen LogP contribution in [0.15, 0.2) is 34.8 Å². The van der Waals surface area contributed by atoms with Crippen LogP contribution in [0.1, 0.15) is 17.4 Å². The third-order valence-corrected chi connectivity index (χ3v) is 3.53. The summed E-state index contributed by atoms with van der Waals surface area (Å²) >= 11 is 6.80. The average Bonchev–Trinajstić information content (AvgIpc) is 2.84. The summed E-state index contributed by atoms with van der Waals surface area (Å²) in [7, 11) is 0. The molecule has 4 nitrogen and oxygen atoms in total. The summed E-state index contributed by atoms with van der Waals surface area (Å²) in [5, 5.41) is 5.20. The number of halogens is 2. The summed E-state index contributed by atoms with van der Waals surface area (Å²) in [5.41, 5.74) is 2.19. The molecule has 0 atom stereocenters. The Bertz CT molecular complexity index is 611. The maximum atomic E-state index is 11.9. The summed E-state index contributed by atoms with van der Waals surface area (Å²) in [6.45, 7) is 2.75. The van der Waals surface area contributed by atoms with Crippen LogP contribution in [0.3, 0.4) is 0 Å². The Balaban J connectivity index is 2.40. The Morgan fingerprint density at radius 2 is 2.20 bits per heavy atom. The highest BCUT2D eigenvalue weighted by molar-refractivity contribution is 9.10. The molecular formula is C14H14Br2N2O2. The zero-order chi connectivity index (χ0) is 14.5. The highest BCUT2D eigenvalue weighted by Crippen LogP contribution is 2.23. The standard InChI is InChI=1S/C14H14Br2N2O2/c1-2-20-14(19)13-9-12(17-18(13)7-6-15)10-4-3-5-11(16)8-10/h3-5,8-9H,2,6-7H2,1H3. The van der Waals surface area contributed by atoms with Crippen molar-refractivity contribution in [2.45, 2.75) is 13.5 Å². The molecule has 2 rings (SSSR count). The van der Waals surface area contributed by atoms with Gasteiger partial charge in [-0.2, -0.15) is 5.10 Å². The number of carbonyl (C=O) groups excluding carboxylic acids is 1. The minimum atomic E-state index is -0.345. The summed E-state index contributed by atoms with van der Waals surface area (Å²) in [6.07, 6.45) is 0. The van der Waals surface area contributed by atoms with Crippen LogP contribution in [0.5, 0.6) is 0 Å². The van der Waals surface area contributed by atoms with E-state index in [1.54, 1.807) is 17.7 Å². The lowest BCUT2D eigenvalue weighted by molar-refractivity contribution is 0.0512. The molecule has 1 aromatic heterocycles. The van der Waals surface area contributed by atoms with Crippen LogP contribution >= 0.6 is 31.9 Å².